The lowest BCUT2D eigenvalue weighted by atomic mass is 9.88. The minimum absolute atomic E-state index is 0.403. The van der Waals surface area contributed by atoms with Crippen molar-refractivity contribution in [2.24, 2.45) is 5.92 Å². The Bertz CT molecular complexity index is 693. The molecule has 3 rings (SSSR count). The monoisotopic (exact) mass is 291 g/mol. The summed E-state index contributed by atoms with van der Waals surface area (Å²) >= 11 is 0. The second-order valence-corrected chi connectivity index (χ2v) is 5.81. The fourth-order valence-electron chi connectivity index (χ4n) is 2.81. The Hall–Kier alpha value is -2.35. The highest BCUT2D eigenvalue weighted by molar-refractivity contribution is 5.72. The summed E-state index contributed by atoms with van der Waals surface area (Å²) in [6, 6.07) is 8.06. The molecular weight excluding hydrogens is 270 g/mol. The lowest BCUT2D eigenvalue weighted by molar-refractivity contribution is 0.505. The van der Waals surface area contributed by atoms with Crippen LogP contribution in [0.3, 0.4) is 0 Å². The maximum absolute atomic E-state index is 5.39. The third-order valence-corrected chi connectivity index (χ3v) is 4.37. The molecule has 0 bridgehead atoms. The standard InChI is InChI=1S/C20H21NO/c1-15(7-10-20-6-4-12-22-20)16(2)17-8-9-18(13-17)19-5-3-11-21-14-19/h3-6,8-9,11-12,14,16H,1,7,10,13H2,2H3. The van der Waals surface area contributed by atoms with Crippen molar-refractivity contribution in [1.29, 1.82) is 0 Å². The van der Waals surface area contributed by atoms with Crippen LogP contribution in [0.1, 0.15) is 31.1 Å². The Morgan fingerprint density at radius 2 is 2.23 bits per heavy atom. The normalized spacial score (nSPS) is 15.3. The molecule has 0 fully saturated rings. The number of allylic oxidation sites excluding steroid dienone is 5. The van der Waals surface area contributed by atoms with Gasteiger partial charge >= 0.3 is 0 Å². The van der Waals surface area contributed by atoms with Crippen LogP contribution >= 0.6 is 0 Å². The molecule has 2 heteroatoms. The Kier molecular flexibility index (Phi) is 4.38. The zero-order valence-electron chi connectivity index (χ0n) is 13.0. The third-order valence-electron chi connectivity index (χ3n) is 4.37. The minimum Gasteiger partial charge on any atom is -0.469 e. The fourth-order valence-corrected chi connectivity index (χ4v) is 2.81. The van der Waals surface area contributed by atoms with Crippen LogP contribution < -0.4 is 0 Å². The van der Waals surface area contributed by atoms with Crippen LogP contribution in [0.15, 0.2) is 77.2 Å². The van der Waals surface area contributed by atoms with Crippen molar-refractivity contribution in [2.75, 3.05) is 0 Å². The SMILES string of the molecule is C=C(CCc1ccco1)C(C)C1=CC=C(c2cccnc2)C1. The molecule has 0 amide bonds. The third kappa shape index (κ3) is 3.28. The second-order valence-electron chi connectivity index (χ2n) is 5.81. The van der Waals surface area contributed by atoms with E-state index in [-0.39, 0.29) is 0 Å². The number of rotatable bonds is 6. The molecule has 2 nitrogen and oxygen atoms in total. The fraction of sp³-hybridized carbons (Fsp3) is 0.250. The van der Waals surface area contributed by atoms with Crippen molar-refractivity contribution < 1.29 is 4.42 Å². The average Bonchev–Trinajstić information content (AvgIpc) is 3.24. The highest BCUT2D eigenvalue weighted by atomic mass is 16.3. The number of hydrogen-bond donors (Lipinski definition) is 0. The average molecular weight is 291 g/mol. The summed E-state index contributed by atoms with van der Waals surface area (Å²) in [7, 11) is 0. The highest BCUT2D eigenvalue weighted by Gasteiger charge is 2.18. The zero-order valence-corrected chi connectivity index (χ0v) is 13.0. The Balaban J connectivity index is 1.55. The van der Waals surface area contributed by atoms with Crippen LogP contribution in [0.4, 0.5) is 0 Å². The van der Waals surface area contributed by atoms with Gasteiger partial charge in [0.15, 0.2) is 0 Å². The van der Waals surface area contributed by atoms with Gasteiger partial charge in [-0.2, -0.15) is 0 Å². The molecule has 0 N–H and O–H groups in total. The molecule has 2 aromatic rings. The number of pyridine rings is 1. The lowest BCUT2D eigenvalue weighted by Gasteiger charge is -2.17. The van der Waals surface area contributed by atoms with Gasteiger partial charge in [-0.15, -0.1) is 0 Å². The summed E-state index contributed by atoms with van der Waals surface area (Å²) < 4.78 is 5.39. The van der Waals surface area contributed by atoms with Crippen molar-refractivity contribution in [1.82, 2.24) is 4.98 Å². The van der Waals surface area contributed by atoms with E-state index in [0.717, 1.165) is 25.0 Å². The van der Waals surface area contributed by atoms with Crippen molar-refractivity contribution in [3.05, 3.63) is 84.1 Å². The molecule has 1 atom stereocenters. The summed E-state index contributed by atoms with van der Waals surface area (Å²) in [6.07, 6.45) is 12.8. The molecule has 1 aliphatic carbocycles. The van der Waals surface area contributed by atoms with E-state index in [1.165, 1.54) is 22.3 Å². The van der Waals surface area contributed by atoms with Crippen LogP contribution in [0.25, 0.3) is 5.57 Å². The molecule has 0 spiro atoms. The number of nitrogens with zero attached hydrogens (tertiary/aromatic N) is 1. The maximum atomic E-state index is 5.39. The molecule has 1 aliphatic rings. The van der Waals surface area contributed by atoms with E-state index in [2.05, 4.69) is 36.7 Å². The molecule has 0 saturated carbocycles. The lowest BCUT2D eigenvalue weighted by Crippen LogP contribution is -2.03. The topological polar surface area (TPSA) is 26.0 Å². The van der Waals surface area contributed by atoms with Crippen molar-refractivity contribution in [2.45, 2.75) is 26.2 Å². The summed E-state index contributed by atoms with van der Waals surface area (Å²) in [5.41, 5.74) is 5.25. The summed E-state index contributed by atoms with van der Waals surface area (Å²) in [5, 5.41) is 0. The van der Waals surface area contributed by atoms with E-state index in [9.17, 15) is 0 Å². The first kappa shape index (κ1) is 14.6. The van der Waals surface area contributed by atoms with Crippen LogP contribution in [0.2, 0.25) is 0 Å². The van der Waals surface area contributed by atoms with E-state index < -0.39 is 0 Å². The predicted octanol–water partition coefficient (Wildman–Crippen LogP) is 5.21. The number of hydrogen-bond acceptors (Lipinski definition) is 2. The Morgan fingerprint density at radius 3 is 2.95 bits per heavy atom. The molecule has 0 radical (unpaired) electrons. The van der Waals surface area contributed by atoms with Gasteiger partial charge in [-0.25, -0.2) is 0 Å². The van der Waals surface area contributed by atoms with Gasteiger partial charge in [0, 0.05) is 18.8 Å². The van der Waals surface area contributed by atoms with Crippen molar-refractivity contribution in [3.63, 3.8) is 0 Å². The number of aryl methyl sites for hydroxylation is 1. The first-order valence-electron chi connectivity index (χ1n) is 7.74. The van der Waals surface area contributed by atoms with Crippen LogP contribution in [-0.2, 0) is 6.42 Å². The Labute approximate surface area is 131 Å². The maximum Gasteiger partial charge on any atom is 0.104 e. The molecule has 0 saturated heterocycles. The molecular formula is C20H21NO. The van der Waals surface area contributed by atoms with E-state index in [1.807, 2.05) is 30.6 Å². The van der Waals surface area contributed by atoms with Gasteiger partial charge < -0.3 is 4.42 Å². The molecule has 0 aromatic carbocycles. The molecule has 112 valence electrons. The van der Waals surface area contributed by atoms with E-state index >= 15 is 0 Å². The number of furan rings is 1. The predicted molar refractivity (Wildman–Crippen MR) is 90.2 cm³/mol. The van der Waals surface area contributed by atoms with Crippen molar-refractivity contribution >= 4 is 5.57 Å². The zero-order chi connectivity index (χ0) is 15.4. The van der Waals surface area contributed by atoms with E-state index in [1.54, 1.807) is 6.26 Å². The van der Waals surface area contributed by atoms with Crippen LogP contribution in [-0.4, -0.2) is 4.98 Å². The molecule has 1 unspecified atom stereocenters. The summed E-state index contributed by atoms with van der Waals surface area (Å²) in [5.74, 6) is 1.43. The summed E-state index contributed by atoms with van der Waals surface area (Å²) in [6.45, 7) is 6.52. The Morgan fingerprint density at radius 1 is 1.32 bits per heavy atom. The quantitative estimate of drug-likeness (QED) is 0.682. The first-order valence-corrected chi connectivity index (χ1v) is 7.74. The van der Waals surface area contributed by atoms with Gasteiger partial charge in [0.25, 0.3) is 0 Å². The van der Waals surface area contributed by atoms with Gasteiger partial charge in [0.05, 0.1) is 6.26 Å². The van der Waals surface area contributed by atoms with Crippen molar-refractivity contribution in [3.8, 4) is 0 Å². The highest BCUT2D eigenvalue weighted by Crippen LogP contribution is 2.35. The smallest absolute Gasteiger partial charge is 0.104 e. The molecule has 0 aliphatic heterocycles. The van der Waals surface area contributed by atoms with Gasteiger partial charge in [0.2, 0.25) is 0 Å². The largest absolute Gasteiger partial charge is 0.469 e. The summed E-state index contributed by atoms with van der Waals surface area (Å²) in [4.78, 5) is 4.20. The first-order chi connectivity index (χ1) is 10.7. The molecule has 22 heavy (non-hydrogen) atoms. The molecule has 2 aromatic heterocycles. The van der Waals surface area contributed by atoms with Gasteiger partial charge in [-0.3, -0.25) is 4.98 Å². The van der Waals surface area contributed by atoms with Gasteiger partial charge in [0.1, 0.15) is 5.76 Å². The van der Waals surface area contributed by atoms with Gasteiger partial charge in [-0.05, 0) is 48.1 Å². The van der Waals surface area contributed by atoms with E-state index in [4.69, 9.17) is 4.42 Å². The number of aromatic nitrogens is 1. The van der Waals surface area contributed by atoms with Crippen LogP contribution in [0, 0.1) is 5.92 Å². The second kappa shape index (κ2) is 6.61. The van der Waals surface area contributed by atoms with E-state index in [0.29, 0.717) is 5.92 Å². The van der Waals surface area contributed by atoms with Gasteiger partial charge in [-0.1, -0.05) is 42.9 Å². The van der Waals surface area contributed by atoms with Crippen LogP contribution in [0.5, 0.6) is 0 Å². The molecule has 2 heterocycles. The minimum atomic E-state index is 0.403.